The number of benzene rings is 2. The molecule has 2 aromatic carbocycles. The lowest BCUT2D eigenvalue weighted by atomic mass is 10.1. The van der Waals surface area contributed by atoms with Gasteiger partial charge in [0, 0.05) is 15.8 Å². The molecule has 0 bridgehead atoms. The lowest BCUT2D eigenvalue weighted by Crippen LogP contribution is -2.21. The molecule has 0 saturated carbocycles. The van der Waals surface area contributed by atoms with E-state index in [1.54, 1.807) is 12.1 Å². The second kappa shape index (κ2) is 8.96. The van der Waals surface area contributed by atoms with E-state index >= 15 is 0 Å². The predicted molar refractivity (Wildman–Crippen MR) is 99.4 cm³/mol. The molecule has 120 valence electrons. The summed E-state index contributed by atoms with van der Waals surface area (Å²) in [5.41, 5.74) is 5.35. The van der Waals surface area contributed by atoms with Crippen LogP contribution in [0.4, 0.5) is 0 Å². The summed E-state index contributed by atoms with van der Waals surface area (Å²) in [7, 11) is 0. The van der Waals surface area contributed by atoms with Crippen LogP contribution in [0.15, 0.2) is 53.6 Å². The van der Waals surface area contributed by atoms with Crippen LogP contribution in [0.5, 0.6) is 0 Å². The average molecular weight is 367 g/mol. The number of hydrazone groups is 1. The number of hydrogen-bond acceptors (Lipinski definition) is 3. The van der Waals surface area contributed by atoms with E-state index in [4.69, 9.17) is 23.2 Å². The fourth-order valence-corrected chi connectivity index (χ4v) is 2.81. The quantitative estimate of drug-likeness (QED) is 0.590. The Morgan fingerprint density at radius 2 is 1.61 bits per heavy atom. The zero-order chi connectivity index (χ0) is 16.7. The minimum atomic E-state index is -0.128. The van der Waals surface area contributed by atoms with Gasteiger partial charge in [0.25, 0.3) is 0 Å². The van der Waals surface area contributed by atoms with Gasteiger partial charge in [0.1, 0.15) is 0 Å². The number of carbonyl (C=O) groups excluding carboxylic acids is 1. The molecule has 0 aromatic heterocycles. The summed E-state index contributed by atoms with van der Waals surface area (Å²) in [6, 6.07) is 14.9. The highest BCUT2D eigenvalue weighted by atomic mass is 35.5. The number of thioether (sulfide) groups is 1. The zero-order valence-corrected chi connectivity index (χ0v) is 14.9. The van der Waals surface area contributed by atoms with Gasteiger partial charge in [-0.15, -0.1) is 11.8 Å². The third-order valence-electron chi connectivity index (χ3n) is 3.03. The number of carbonyl (C=O) groups is 1. The number of rotatable bonds is 6. The first kappa shape index (κ1) is 17.9. The summed E-state index contributed by atoms with van der Waals surface area (Å²) in [5.74, 6) is 0.974. The molecule has 2 aromatic rings. The van der Waals surface area contributed by atoms with Crippen LogP contribution < -0.4 is 5.43 Å². The van der Waals surface area contributed by atoms with Crippen molar-refractivity contribution in [3.8, 4) is 0 Å². The smallest absolute Gasteiger partial charge is 0.250 e. The Labute approximate surface area is 150 Å². The van der Waals surface area contributed by atoms with Crippen molar-refractivity contribution in [3.05, 3.63) is 69.7 Å². The third-order valence-corrected chi connectivity index (χ3v) is 4.53. The molecule has 0 aliphatic carbocycles. The lowest BCUT2D eigenvalue weighted by molar-refractivity contribution is -0.118. The summed E-state index contributed by atoms with van der Waals surface area (Å²) < 4.78 is 0. The maximum absolute atomic E-state index is 11.8. The lowest BCUT2D eigenvalue weighted by Gasteiger charge is -2.04. The Balaban J connectivity index is 1.77. The molecule has 1 amide bonds. The summed E-state index contributed by atoms with van der Waals surface area (Å²) in [4.78, 5) is 11.8. The van der Waals surface area contributed by atoms with Crippen molar-refractivity contribution in [2.24, 2.45) is 5.10 Å². The first-order valence-corrected chi connectivity index (χ1v) is 8.87. The largest absolute Gasteiger partial charge is 0.272 e. The number of nitrogens with zero attached hydrogens (tertiary/aromatic N) is 1. The van der Waals surface area contributed by atoms with Gasteiger partial charge in [-0.05, 0) is 42.3 Å². The van der Waals surface area contributed by atoms with Gasteiger partial charge in [-0.1, -0.05) is 47.5 Å². The van der Waals surface area contributed by atoms with Crippen LogP contribution in [0, 0.1) is 0 Å². The van der Waals surface area contributed by atoms with Gasteiger partial charge >= 0.3 is 0 Å². The molecule has 2 rings (SSSR count). The van der Waals surface area contributed by atoms with Gasteiger partial charge in [-0.3, -0.25) is 4.79 Å². The highest BCUT2D eigenvalue weighted by Gasteiger charge is 2.03. The van der Waals surface area contributed by atoms with Crippen molar-refractivity contribution in [2.75, 3.05) is 5.75 Å². The third kappa shape index (κ3) is 6.26. The molecule has 0 aliphatic rings. The number of halogens is 2. The van der Waals surface area contributed by atoms with Gasteiger partial charge < -0.3 is 0 Å². The van der Waals surface area contributed by atoms with E-state index in [1.807, 2.05) is 43.3 Å². The van der Waals surface area contributed by atoms with Gasteiger partial charge in [0.15, 0.2) is 0 Å². The van der Waals surface area contributed by atoms with Crippen molar-refractivity contribution in [3.63, 3.8) is 0 Å². The van der Waals surface area contributed by atoms with E-state index in [9.17, 15) is 4.79 Å². The molecule has 0 saturated heterocycles. The monoisotopic (exact) mass is 366 g/mol. The fraction of sp³-hybridized carbons (Fsp3) is 0.176. The van der Waals surface area contributed by atoms with Crippen LogP contribution in [0.25, 0.3) is 0 Å². The standard InChI is InChI=1S/C17H16Cl2N2OS/c1-12(14-4-8-16(19)9-5-14)20-21-17(22)11-23-10-13-2-6-15(18)7-3-13/h2-9H,10-11H2,1H3,(H,21,22)/b20-12-. The van der Waals surface area contributed by atoms with Crippen LogP contribution in [-0.4, -0.2) is 17.4 Å². The number of amides is 1. The van der Waals surface area contributed by atoms with Crippen LogP contribution in [0.1, 0.15) is 18.1 Å². The van der Waals surface area contributed by atoms with Crippen molar-refractivity contribution in [1.82, 2.24) is 5.43 Å². The molecule has 0 spiro atoms. The Bertz CT molecular complexity index is 685. The van der Waals surface area contributed by atoms with Crippen molar-refractivity contribution in [2.45, 2.75) is 12.7 Å². The fourth-order valence-electron chi connectivity index (χ4n) is 1.78. The molecule has 0 fully saturated rings. The first-order valence-electron chi connectivity index (χ1n) is 6.96. The zero-order valence-electron chi connectivity index (χ0n) is 12.6. The summed E-state index contributed by atoms with van der Waals surface area (Å²) in [5, 5.41) is 5.49. The number of hydrogen-bond donors (Lipinski definition) is 1. The van der Waals surface area contributed by atoms with Gasteiger partial charge in [0.05, 0.1) is 11.5 Å². The molecule has 0 aliphatic heterocycles. The molecule has 6 heteroatoms. The van der Waals surface area contributed by atoms with E-state index in [-0.39, 0.29) is 5.91 Å². The van der Waals surface area contributed by atoms with Crippen LogP contribution >= 0.6 is 35.0 Å². The van der Waals surface area contributed by atoms with Crippen LogP contribution in [0.3, 0.4) is 0 Å². The second-order valence-corrected chi connectivity index (χ2v) is 6.72. The molecular weight excluding hydrogens is 351 g/mol. The molecule has 0 unspecified atom stereocenters. The maximum Gasteiger partial charge on any atom is 0.250 e. The predicted octanol–water partition coefficient (Wildman–Crippen LogP) is 4.77. The van der Waals surface area contributed by atoms with E-state index in [1.165, 1.54) is 11.8 Å². The number of nitrogens with one attached hydrogen (secondary N) is 1. The molecule has 1 N–H and O–H groups in total. The summed E-state index contributed by atoms with van der Waals surface area (Å²) in [6.45, 7) is 1.84. The minimum absolute atomic E-state index is 0.128. The summed E-state index contributed by atoms with van der Waals surface area (Å²) >= 11 is 13.2. The molecule has 0 atom stereocenters. The van der Waals surface area contributed by atoms with Gasteiger partial charge in [-0.2, -0.15) is 5.10 Å². The Kier molecular flexibility index (Phi) is 6.96. The Morgan fingerprint density at radius 3 is 2.22 bits per heavy atom. The van der Waals surface area contributed by atoms with Crippen molar-refractivity contribution in [1.29, 1.82) is 0 Å². The molecule has 3 nitrogen and oxygen atoms in total. The Hall–Kier alpha value is -1.49. The SMILES string of the molecule is C/C(=N/NC(=O)CSCc1ccc(Cl)cc1)c1ccc(Cl)cc1. The Morgan fingerprint density at radius 1 is 1.04 bits per heavy atom. The normalized spacial score (nSPS) is 11.3. The van der Waals surface area contributed by atoms with Crippen LogP contribution in [-0.2, 0) is 10.5 Å². The molecule has 23 heavy (non-hydrogen) atoms. The van der Waals surface area contributed by atoms with E-state index in [2.05, 4.69) is 10.5 Å². The van der Waals surface area contributed by atoms with E-state index in [0.29, 0.717) is 15.8 Å². The van der Waals surface area contributed by atoms with Gasteiger partial charge in [-0.25, -0.2) is 5.43 Å². The molecule has 0 heterocycles. The van der Waals surface area contributed by atoms with Crippen molar-refractivity contribution >= 4 is 46.6 Å². The second-order valence-electron chi connectivity index (χ2n) is 4.86. The molecular formula is C17H16Cl2N2OS. The average Bonchev–Trinajstić information content (AvgIpc) is 2.55. The highest BCUT2D eigenvalue weighted by Crippen LogP contribution is 2.15. The maximum atomic E-state index is 11.8. The molecule has 0 radical (unpaired) electrons. The van der Waals surface area contributed by atoms with Crippen molar-refractivity contribution < 1.29 is 4.79 Å². The first-order chi connectivity index (χ1) is 11.0. The van der Waals surface area contributed by atoms with E-state index < -0.39 is 0 Å². The van der Waals surface area contributed by atoms with E-state index in [0.717, 1.165) is 22.6 Å². The highest BCUT2D eigenvalue weighted by molar-refractivity contribution is 7.99. The summed E-state index contributed by atoms with van der Waals surface area (Å²) in [6.07, 6.45) is 0. The van der Waals surface area contributed by atoms with Gasteiger partial charge in [0.2, 0.25) is 5.91 Å². The van der Waals surface area contributed by atoms with Crippen LogP contribution in [0.2, 0.25) is 10.0 Å². The minimum Gasteiger partial charge on any atom is -0.272 e. The topological polar surface area (TPSA) is 41.5 Å².